The van der Waals surface area contributed by atoms with Gasteiger partial charge in [-0.3, -0.25) is 4.79 Å². The van der Waals surface area contributed by atoms with E-state index in [0.29, 0.717) is 17.2 Å². The SMILES string of the molecule is NCC#Cc1cccc(C(=O)Nc2ccc(F)cc2F)c1. The first-order valence-electron chi connectivity index (χ1n) is 6.15. The Labute approximate surface area is 120 Å². The first-order valence-corrected chi connectivity index (χ1v) is 6.15. The second-order valence-electron chi connectivity index (χ2n) is 4.16. The molecule has 0 radical (unpaired) electrons. The van der Waals surface area contributed by atoms with E-state index in [1.54, 1.807) is 24.3 Å². The molecule has 3 N–H and O–H groups in total. The van der Waals surface area contributed by atoms with Crippen LogP contribution >= 0.6 is 0 Å². The first-order chi connectivity index (χ1) is 10.1. The Morgan fingerprint density at radius 2 is 2.00 bits per heavy atom. The molecule has 0 heterocycles. The summed E-state index contributed by atoms with van der Waals surface area (Å²) >= 11 is 0. The summed E-state index contributed by atoms with van der Waals surface area (Å²) in [4.78, 5) is 12.0. The van der Waals surface area contributed by atoms with Gasteiger partial charge in [-0.2, -0.15) is 0 Å². The van der Waals surface area contributed by atoms with E-state index >= 15 is 0 Å². The molecule has 2 rings (SSSR count). The van der Waals surface area contributed by atoms with Gasteiger partial charge in [-0.05, 0) is 30.3 Å². The summed E-state index contributed by atoms with van der Waals surface area (Å²) in [7, 11) is 0. The second kappa shape index (κ2) is 6.64. The second-order valence-corrected chi connectivity index (χ2v) is 4.16. The summed E-state index contributed by atoms with van der Waals surface area (Å²) in [5, 5.41) is 2.38. The van der Waals surface area contributed by atoms with Crippen molar-refractivity contribution in [3.05, 3.63) is 65.2 Å². The van der Waals surface area contributed by atoms with Crippen LogP contribution in [0.5, 0.6) is 0 Å². The number of anilines is 1. The Kier molecular flexibility index (Phi) is 4.64. The molecular weight excluding hydrogens is 274 g/mol. The summed E-state index contributed by atoms with van der Waals surface area (Å²) in [5.41, 5.74) is 6.15. The van der Waals surface area contributed by atoms with Gasteiger partial charge in [-0.1, -0.05) is 17.9 Å². The van der Waals surface area contributed by atoms with Crippen molar-refractivity contribution >= 4 is 11.6 Å². The Hall–Kier alpha value is -2.71. The van der Waals surface area contributed by atoms with Crippen molar-refractivity contribution < 1.29 is 13.6 Å². The van der Waals surface area contributed by atoms with E-state index in [-0.39, 0.29) is 12.2 Å². The largest absolute Gasteiger partial charge is 0.320 e. The van der Waals surface area contributed by atoms with Gasteiger partial charge in [0, 0.05) is 17.2 Å². The van der Waals surface area contributed by atoms with Crippen molar-refractivity contribution in [2.75, 3.05) is 11.9 Å². The van der Waals surface area contributed by atoms with Crippen LogP contribution in [-0.4, -0.2) is 12.5 Å². The average molecular weight is 286 g/mol. The molecule has 5 heteroatoms. The van der Waals surface area contributed by atoms with Gasteiger partial charge in [0.25, 0.3) is 5.91 Å². The minimum Gasteiger partial charge on any atom is -0.320 e. The van der Waals surface area contributed by atoms with E-state index in [0.717, 1.165) is 6.07 Å². The van der Waals surface area contributed by atoms with Crippen molar-refractivity contribution in [2.24, 2.45) is 5.73 Å². The van der Waals surface area contributed by atoms with E-state index in [2.05, 4.69) is 17.2 Å². The van der Waals surface area contributed by atoms with Gasteiger partial charge < -0.3 is 11.1 Å². The van der Waals surface area contributed by atoms with E-state index in [4.69, 9.17) is 5.73 Å². The summed E-state index contributed by atoms with van der Waals surface area (Å²) in [6.07, 6.45) is 0. The van der Waals surface area contributed by atoms with Crippen LogP contribution in [0.15, 0.2) is 42.5 Å². The molecule has 0 unspecified atom stereocenters. The highest BCUT2D eigenvalue weighted by molar-refractivity contribution is 6.04. The first kappa shape index (κ1) is 14.7. The van der Waals surface area contributed by atoms with Crippen molar-refractivity contribution in [1.29, 1.82) is 0 Å². The normalized spacial score (nSPS) is 9.67. The molecule has 0 aromatic heterocycles. The standard InChI is InChI=1S/C16H12F2N2O/c17-13-6-7-15(14(18)10-13)20-16(21)12-5-1-3-11(9-12)4-2-8-19/h1,3,5-7,9-10H,8,19H2,(H,20,21). The van der Waals surface area contributed by atoms with Crippen LogP contribution in [0.2, 0.25) is 0 Å². The predicted octanol–water partition coefficient (Wildman–Crippen LogP) is 2.53. The van der Waals surface area contributed by atoms with Crippen LogP contribution in [-0.2, 0) is 0 Å². The van der Waals surface area contributed by atoms with Gasteiger partial charge >= 0.3 is 0 Å². The maximum absolute atomic E-state index is 13.5. The van der Waals surface area contributed by atoms with Crippen LogP contribution in [0.3, 0.4) is 0 Å². The van der Waals surface area contributed by atoms with Gasteiger partial charge in [-0.25, -0.2) is 8.78 Å². The van der Waals surface area contributed by atoms with Gasteiger partial charge in [-0.15, -0.1) is 0 Å². The highest BCUT2D eigenvalue weighted by Crippen LogP contribution is 2.16. The molecule has 1 amide bonds. The van der Waals surface area contributed by atoms with Crippen molar-refractivity contribution in [1.82, 2.24) is 0 Å². The van der Waals surface area contributed by atoms with Gasteiger partial charge in [0.05, 0.1) is 12.2 Å². The molecule has 0 bridgehead atoms. The minimum atomic E-state index is -0.831. The number of benzene rings is 2. The average Bonchev–Trinajstić information content (AvgIpc) is 2.48. The number of rotatable bonds is 2. The monoisotopic (exact) mass is 286 g/mol. The van der Waals surface area contributed by atoms with Gasteiger partial charge in [0.1, 0.15) is 11.6 Å². The lowest BCUT2D eigenvalue weighted by atomic mass is 10.1. The van der Waals surface area contributed by atoms with Crippen molar-refractivity contribution in [3.63, 3.8) is 0 Å². The summed E-state index contributed by atoms with van der Waals surface area (Å²) in [6.45, 7) is 0.219. The van der Waals surface area contributed by atoms with Crippen LogP contribution < -0.4 is 11.1 Å². The number of hydrogen-bond donors (Lipinski definition) is 2. The zero-order valence-corrected chi connectivity index (χ0v) is 11.0. The molecule has 0 saturated heterocycles. The Balaban J connectivity index is 2.20. The molecule has 0 aliphatic carbocycles. The number of carbonyl (C=O) groups is 1. The molecule has 3 nitrogen and oxygen atoms in total. The number of halogens is 2. The molecule has 0 atom stereocenters. The maximum atomic E-state index is 13.5. The topological polar surface area (TPSA) is 55.1 Å². The number of nitrogens with one attached hydrogen (secondary N) is 1. The molecule has 21 heavy (non-hydrogen) atoms. The zero-order valence-electron chi connectivity index (χ0n) is 11.0. The molecule has 0 aliphatic rings. The Morgan fingerprint density at radius 1 is 1.19 bits per heavy atom. The Morgan fingerprint density at radius 3 is 2.71 bits per heavy atom. The van der Waals surface area contributed by atoms with E-state index in [1.807, 2.05) is 0 Å². The van der Waals surface area contributed by atoms with Crippen molar-refractivity contribution in [3.8, 4) is 11.8 Å². The third-order valence-electron chi connectivity index (χ3n) is 2.64. The van der Waals surface area contributed by atoms with E-state index < -0.39 is 17.5 Å². The van der Waals surface area contributed by atoms with Gasteiger partial charge in [0.2, 0.25) is 0 Å². The lowest BCUT2D eigenvalue weighted by Crippen LogP contribution is -2.13. The zero-order chi connectivity index (χ0) is 15.2. The molecular formula is C16H12F2N2O. The molecule has 106 valence electrons. The van der Waals surface area contributed by atoms with Crippen LogP contribution in [0.25, 0.3) is 0 Å². The summed E-state index contributed by atoms with van der Waals surface area (Å²) in [5.74, 6) is 3.45. The fraction of sp³-hybridized carbons (Fsp3) is 0.0625. The fourth-order valence-corrected chi connectivity index (χ4v) is 1.68. The fourth-order valence-electron chi connectivity index (χ4n) is 1.68. The minimum absolute atomic E-state index is 0.0835. The van der Waals surface area contributed by atoms with Crippen molar-refractivity contribution in [2.45, 2.75) is 0 Å². The molecule has 2 aromatic carbocycles. The third kappa shape index (κ3) is 3.88. The molecule has 0 saturated carbocycles. The van der Waals surface area contributed by atoms with Gasteiger partial charge in [0.15, 0.2) is 0 Å². The smallest absolute Gasteiger partial charge is 0.255 e. The number of hydrogen-bond acceptors (Lipinski definition) is 2. The maximum Gasteiger partial charge on any atom is 0.255 e. The Bertz CT molecular complexity index is 733. The number of carbonyl (C=O) groups excluding carboxylic acids is 1. The lowest BCUT2D eigenvalue weighted by molar-refractivity contribution is 0.102. The molecule has 0 spiro atoms. The molecule has 2 aromatic rings. The number of nitrogens with two attached hydrogens (primary N) is 1. The highest BCUT2D eigenvalue weighted by Gasteiger charge is 2.10. The number of amides is 1. The summed E-state index contributed by atoms with van der Waals surface area (Å²) < 4.78 is 26.3. The third-order valence-corrected chi connectivity index (χ3v) is 2.64. The lowest BCUT2D eigenvalue weighted by Gasteiger charge is -2.06. The molecule has 0 aliphatic heterocycles. The van der Waals surface area contributed by atoms with Crippen LogP contribution in [0.4, 0.5) is 14.5 Å². The van der Waals surface area contributed by atoms with E-state index in [1.165, 1.54) is 6.07 Å². The predicted molar refractivity (Wildman–Crippen MR) is 76.7 cm³/mol. The van der Waals surface area contributed by atoms with E-state index in [9.17, 15) is 13.6 Å². The molecule has 0 fully saturated rings. The van der Waals surface area contributed by atoms with Crippen LogP contribution in [0, 0.1) is 23.5 Å². The quantitative estimate of drug-likeness (QED) is 0.834. The summed E-state index contributed by atoms with van der Waals surface area (Å²) in [6, 6.07) is 9.49. The van der Waals surface area contributed by atoms with Crippen LogP contribution in [0.1, 0.15) is 15.9 Å². The highest BCUT2D eigenvalue weighted by atomic mass is 19.1.